The first-order chi connectivity index (χ1) is 14.2. The number of rotatable bonds is 18. The minimum atomic E-state index is -0.203. The van der Waals surface area contributed by atoms with Gasteiger partial charge < -0.3 is 10.1 Å². The van der Waals surface area contributed by atoms with Crippen molar-refractivity contribution in [2.24, 2.45) is 0 Å². The van der Waals surface area contributed by atoms with Crippen LogP contribution >= 0.6 is 0 Å². The Kier molecular flexibility index (Phi) is 15.7. The third kappa shape index (κ3) is 14.7. The van der Waals surface area contributed by atoms with Crippen LogP contribution in [0, 0.1) is 0 Å². The normalized spacial score (nSPS) is 10.7. The Hall–Kier alpha value is -1.91. The summed E-state index contributed by atoms with van der Waals surface area (Å²) in [6.45, 7) is 2.79. The van der Waals surface area contributed by atoms with Gasteiger partial charge in [-0.05, 0) is 18.6 Å². The van der Waals surface area contributed by atoms with E-state index in [1.54, 1.807) is 18.3 Å². The highest BCUT2D eigenvalue weighted by Gasteiger charge is 2.06. The average molecular weight is 405 g/mol. The summed E-state index contributed by atoms with van der Waals surface area (Å²) in [7, 11) is 0. The summed E-state index contributed by atoms with van der Waals surface area (Å²) in [5.74, 6) is -0.380. The minimum Gasteiger partial charge on any atom is -0.464 e. The number of unbranched alkanes of at least 4 members (excludes halogenated alkanes) is 12. The van der Waals surface area contributed by atoms with Crippen molar-refractivity contribution in [1.82, 2.24) is 10.3 Å². The Morgan fingerprint density at radius 3 is 2.03 bits per heavy atom. The number of hydrogen-bond acceptors (Lipinski definition) is 4. The summed E-state index contributed by atoms with van der Waals surface area (Å²) in [5.41, 5.74) is 0.505. The first-order valence-electron chi connectivity index (χ1n) is 11.6. The summed E-state index contributed by atoms with van der Waals surface area (Å²) < 4.78 is 5.17. The van der Waals surface area contributed by atoms with Crippen LogP contribution in [0.3, 0.4) is 0 Å². The van der Waals surface area contributed by atoms with Crippen molar-refractivity contribution in [3.63, 3.8) is 0 Å². The highest BCUT2D eigenvalue weighted by atomic mass is 16.5. The lowest BCUT2D eigenvalue weighted by Gasteiger charge is -2.07. The maximum atomic E-state index is 11.8. The molecular weight excluding hydrogens is 364 g/mol. The fourth-order valence-corrected chi connectivity index (χ4v) is 3.29. The molecule has 0 aliphatic rings. The Morgan fingerprint density at radius 2 is 1.48 bits per heavy atom. The monoisotopic (exact) mass is 404 g/mol. The number of nitrogens with one attached hydrogen (secondary N) is 1. The highest BCUT2D eigenvalue weighted by molar-refractivity contribution is 5.93. The third-order valence-electron chi connectivity index (χ3n) is 5.06. The largest absolute Gasteiger partial charge is 0.464 e. The zero-order valence-electron chi connectivity index (χ0n) is 18.3. The molecule has 1 aromatic rings. The van der Waals surface area contributed by atoms with Gasteiger partial charge in [-0.2, -0.15) is 0 Å². The van der Waals surface area contributed by atoms with Crippen molar-refractivity contribution in [1.29, 1.82) is 0 Å². The quantitative estimate of drug-likeness (QED) is 0.247. The number of carbonyl (C=O) groups excluding carboxylic acids is 2. The lowest BCUT2D eigenvalue weighted by atomic mass is 10.0. The topological polar surface area (TPSA) is 68.3 Å². The summed E-state index contributed by atoms with van der Waals surface area (Å²) >= 11 is 0. The average Bonchev–Trinajstić information content (AvgIpc) is 2.75. The second-order valence-corrected chi connectivity index (χ2v) is 7.71. The van der Waals surface area contributed by atoms with Crippen molar-refractivity contribution in [3.05, 3.63) is 30.1 Å². The maximum absolute atomic E-state index is 11.8. The van der Waals surface area contributed by atoms with E-state index in [2.05, 4.69) is 17.2 Å². The summed E-state index contributed by atoms with van der Waals surface area (Å²) in [6, 6.07) is 3.41. The molecule has 0 bridgehead atoms. The Labute approximate surface area is 177 Å². The molecule has 1 N–H and O–H groups in total. The Bertz CT molecular complexity index is 534. The molecule has 0 spiro atoms. The molecule has 0 aliphatic carbocycles. The molecule has 1 rings (SSSR count). The Balaban J connectivity index is 1.83. The van der Waals surface area contributed by atoms with Crippen LogP contribution in [0.2, 0.25) is 0 Å². The summed E-state index contributed by atoms with van der Waals surface area (Å²) in [4.78, 5) is 27.4. The number of amides is 1. The van der Waals surface area contributed by atoms with E-state index in [9.17, 15) is 9.59 Å². The maximum Gasteiger partial charge on any atom is 0.305 e. The molecular formula is C24H40N2O3. The van der Waals surface area contributed by atoms with Gasteiger partial charge in [-0.15, -0.1) is 0 Å². The number of ether oxygens (including phenoxy) is 1. The molecule has 0 saturated carbocycles. The van der Waals surface area contributed by atoms with Gasteiger partial charge in [0.05, 0.1) is 12.1 Å². The van der Waals surface area contributed by atoms with Gasteiger partial charge in [0.2, 0.25) is 0 Å². The number of esters is 1. The predicted molar refractivity (Wildman–Crippen MR) is 118 cm³/mol. The van der Waals surface area contributed by atoms with Gasteiger partial charge in [0.25, 0.3) is 5.91 Å². The van der Waals surface area contributed by atoms with E-state index in [1.807, 2.05) is 0 Å². The lowest BCUT2D eigenvalue weighted by molar-refractivity contribution is -0.143. The fraction of sp³-hybridized carbons (Fsp3) is 0.708. The van der Waals surface area contributed by atoms with E-state index >= 15 is 0 Å². The molecule has 0 radical (unpaired) electrons. The molecule has 0 aromatic carbocycles. The van der Waals surface area contributed by atoms with Crippen LogP contribution in [0.1, 0.15) is 107 Å². The van der Waals surface area contributed by atoms with Gasteiger partial charge >= 0.3 is 5.97 Å². The number of nitrogens with zero attached hydrogens (tertiary/aromatic N) is 1. The zero-order valence-corrected chi connectivity index (χ0v) is 18.3. The first kappa shape index (κ1) is 25.1. The molecule has 0 fully saturated rings. The van der Waals surface area contributed by atoms with Gasteiger partial charge in [-0.3, -0.25) is 14.6 Å². The number of hydrogen-bond donors (Lipinski definition) is 1. The smallest absolute Gasteiger partial charge is 0.305 e. The molecule has 0 unspecified atom stereocenters. The molecule has 1 amide bonds. The van der Waals surface area contributed by atoms with Gasteiger partial charge in [-0.1, -0.05) is 84.0 Å². The van der Waals surface area contributed by atoms with Gasteiger partial charge in [0.1, 0.15) is 6.61 Å². The van der Waals surface area contributed by atoms with Crippen molar-refractivity contribution in [2.45, 2.75) is 96.8 Å². The first-order valence-corrected chi connectivity index (χ1v) is 11.6. The Morgan fingerprint density at radius 1 is 0.897 bits per heavy atom. The number of aromatic nitrogens is 1. The van der Waals surface area contributed by atoms with Crippen LogP contribution in [-0.2, 0) is 9.53 Å². The van der Waals surface area contributed by atoms with E-state index in [0.29, 0.717) is 18.5 Å². The SMILES string of the molecule is CCCCCCCCCCCCCCCC(=O)OCCNC(=O)c1cccnc1. The second kappa shape index (κ2) is 18.1. The van der Waals surface area contributed by atoms with Crippen LogP contribution in [0.4, 0.5) is 0 Å². The van der Waals surface area contributed by atoms with Crippen molar-refractivity contribution >= 4 is 11.9 Å². The number of pyridine rings is 1. The van der Waals surface area contributed by atoms with Gasteiger partial charge in [-0.25, -0.2) is 0 Å². The van der Waals surface area contributed by atoms with E-state index in [-0.39, 0.29) is 18.5 Å². The van der Waals surface area contributed by atoms with Crippen LogP contribution in [0.15, 0.2) is 24.5 Å². The molecule has 29 heavy (non-hydrogen) atoms. The highest BCUT2D eigenvalue weighted by Crippen LogP contribution is 2.13. The van der Waals surface area contributed by atoms with E-state index in [1.165, 1.54) is 76.8 Å². The molecule has 0 aliphatic heterocycles. The van der Waals surface area contributed by atoms with E-state index in [0.717, 1.165) is 12.8 Å². The van der Waals surface area contributed by atoms with E-state index in [4.69, 9.17) is 4.74 Å². The minimum absolute atomic E-state index is 0.177. The van der Waals surface area contributed by atoms with Crippen LogP contribution in [0.25, 0.3) is 0 Å². The van der Waals surface area contributed by atoms with Gasteiger partial charge in [0.15, 0.2) is 0 Å². The molecule has 0 atom stereocenters. The van der Waals surface area contributed by atoms with E-state index < -0.39 is 0 Å². The molecule has 164 valence electrons. The second-order valence-electron chi connectivity index (χ2n) is 7.71. The van der Waals surface area contributed by atoms with Crippen LogP contribution in [-0.4, -0.2) is 30.0 Å². The molecule has 5 nitrogen and oxygen atoms in total. The van der Waals surface area contributed by atoms with Crippen LogP contribution < -0.4 is 5.32 Å². The fourth-order valence-electron chi connectivity index (χ4n) is 3.29. The summed E-state index contributed by atoms with van der Waals surface area (Å²) in [6.07, 6.45) is 20.4. The van der Waals surface area contributed by atoms with Crippen LogP contribution in [0.5, 0.6) is 0 Å². The predicted octanol–water partition coefficient (Wildman–Crippen LogP) is 5.84. The molecule has 0 saturated heterocycles. The molecule has 5 heteroatoms. The van der Waals surface area contributed by atoms with Crippen molar-refractivity contribution in [3.8, 4) is 0 Å². The zero-order chi connectivity index (χ0) is 21.0. The van der Waals surface area contributed by atoms with Crippen molar-refractivity contribution < 1.29 is 14.3 Å². The standard InChI is InChI=1S/C24H40N2O3/c1-2-3-4-5-6-7-8-9-10-11-12-13-14-17-23(27)29-20-19-26-24(28)22-16-15-18-25-21-22/h15-16,18,21H,2-14,17,19-20H2,1H3,(H,26,28). The molecule has 1 heterocycles. The third-order valence-corrected chi connectivity index (χ3v) is 5.06. The van der Waals surface area contributed by atoms with Gasteiger partial charge in [0, 0.05) is 18.8 Å². The lowest BCUT2D eigenvalue weighted by Crippen LogP contribution is -2.28. The molecule has 1 aromatic heterocycles. The number of carbonyl (C=O) groups is 2. The summed E-state index contributed by atoms with van der Waals surface area (Å²) in [5, 5.41) is 2.72. The van der Waals surface area contributed by atoms with Crippen molar-refractivity contribution in [2.75, 3.05) is 13.2 Å².